The molecule has 0 aliphatic carbocycles. The second-order valence-electron chi connectivity index (χ2n) is 29.3. The smallest absolute Gasteiger partial charge is 0.220 e. The molecule has 3 amide bonds. The Balaban J connectivity index is 1.22. The van der Waals surface area contributed by atoms with Crippen LogP contribution in [0.2, 0.25) is 0 Å². The summed E-state index contributed by atoms with van der Waals surface area (Å²) in [7, 11) is 0. The third kappa shape index (κ3) is 30.6. The number of aliphatic hydroxyl groups is 15. The van der Waals surface area contributed by atoms with Crippen molar-refractivity contribution in [3.8, 4) is 0 Å². The third-order valence-electron chi connectivity index (χ3n) is 20.6. The minimum atomic E-state index is -2.26. The van der Waals surface area contributed by atoms with Crippen LogP contribution < -0.4 is 16.0 Å². The summed E-state index contributed by atoms with van der Waals surface area (Å²) >= 11 is 0. The molecule has 5 saturated heterocycles. The Hall–Kier alpha value is -2.85. The quantitative estimate of drug-likeness (QED) is 0.0301. The molecule has 5 aliphatic rings. The number of aliphatic hydroxyl groups excluding tert-OH is 15. The molecule has 31 nitrogen and oxygen atoms in total. The van der Waals surface area contributed by atoms with Gasteiger partial charge in [0.25, 0.3) is 0 Å². The molecule has 0 aromatic carbocycles. The maximum Gasteiger partial charge on any atom is 0.220 e. The first kappa shape index (κ1) is 92.8. The van der Waals surface area contributed by atoms with Crippen LogP contribution >= 0.6 is 0 Å². The van der Waals surface area contributed by atoms with E-state index < -0.39 is 217 Å². The molecule has 0 spiro atoms. The van der Waals surface area contributed by atoms with E-state index in [1.807, 2.05) is 6.08 Å². The number of carbonyl (C=O) groups excluding carboxylic acids is 3. The predicted molar refractivity (Wildman–Crippen MR) is 380 cm³/mol. The van der Waals surface area contributed by atoms with Crippen LogP contribution in [0.4, 0.5) is 0 Å². The monoisotopic (exact) mass is 1510 g/mol. The topological polar surface area (TPSA) is 483 Å². The SMILES string of the molecule is CCCCCCCCCCCCC/C=C/[C@@H](O)[C@H](CO[C@@H]1OC(CO)[C@@H](O[C@@H]2OC(CO)[C@H](O[C@@H]3OC(CO)[C@H](O[C@@H]4OC(CO)[C@H](O)[C@H](O)C4NC(C)=O)[C@H](O[C@@H]4OC(CO)[C@H](O)[C@H](O)C4NC(C)=O)C3O)[C@H](O)C2O)[C@H](O)C1O)NC(=O)CCCCCCCCCCCCCCCCCCCCC. The summed E-state index contributed by atoms with van der Waals surface area (Å²) in [6.45, 7) is 1.30. The molecule has 5 heterocycles. The summed E-state index contributed by atoms with van der Waals surface area (Å²) in [4.78, 5) is 38.4. The van der Waals surface area contributed by atoms with Gasteiger partial charge in [0.05, 0.1) is 51.8 Å². The van der Waals surface area contributed by atoms with Gasteiger partial charge in [-0.15, -0.1) is 0 Å². The zero-order valence-corrected chi connectivity index (χ0v) is 62.6. The van der Waals surface area contributed by atoms with Crippen molar-refractivity contribution < 1.29 is 138 Å². The highest BCUT2D eigenvalue weighted by Crippen LogP contribution is 2.38. The van der Waals surface area contributed by atoms with Crippen molar-refractivity contribution in [1.82, 2.24) is 16.0 Å². The van der Waals surface area contributed by atoms with E-state index in [4.69, 9.17) is 47.4 Å². The Labute approximate surface area is 620 Å². The van der Waals surface area contributed by atoms with Gasteiger partial charge in [0.15, 0.2) is 31.5 Å². The third-order valence-corrected chi connectivity index (χ3v) is 20.6. The number of carbonyl (C=O) groups is 3. The first-order valence-corrected chi connectivity index (χ1v) is 39.5. The van der Waals surface area contributed by atoms with Crippen LogP contribution in [0.5, 0.6) is 0 Å². The van der Waals surface area contributed by atoms with Crippen molar-refractivity contribution in [3.05, 3.63) is 12.2 Å². The standard InChI is InChI=1S/C74H135N3O28/c1-5-7-9-11-13-15-17-19-20-21-22-23-24-26-28-30-32-34-36-38-54(86)77-47(48(85)37-35-33-31-29-27-25-18-16-14-12-10-8-6-2)44-96-72-63(93)61(91)66(51(41-80)99-72)102-73-64(94)62(92)67(52(42-81)100-73)103-74-65(95)69(105-71-56(76-46(4)84)60(90)58(88)50(40-79)98-71)68(53(43-82)101-74)104-70-55(75-45(3)83)59(89)57(87)49(39-78)97-70/h35,37,47-53,55-74,78-82,85,87-95H,5-34,36,38-44H2,1-4H3,(H,75,83)(H,76,84)(H,77,86)/b37-35+/t47-,48+,49?,50?,51?,52?,53?,55?,56?,57-,58-,59+,60+,61+,62+,63?,64?,65?,66+,67-,68-,69+,70-,71-,72+,73-,74-/m0/s1. The van der Waals surface area contributed by atoms with Crippen molar-refractivity contribution >= 4 is 17.7 Å². The van der Waals surface area contributed by atoms with Gasteiger partial charge in [-0.05, 0) is 19.3 Å². The second kappa shape index (κ2) is 51.7. The molecule has 0 saturated carbocycles. The highest BCUT2D eigenvalue weighted by atomic mass is 16.8. The van der Waals surface area contributed by atoms with E-state index in [1.165, 1.54) is 135 Å². The van der Waals surface area contributed by atoms with Crippen molar-refractivity contribution in [3.63, 3.8) is 0 Å². The maximum absolute atomic E-state index is 13.5. The molecule has 614 valence electrons. The molecule has 0 aromatic heterocycles. The fourth-order valence-corrected chi connectivity index (χ4v) is 14.3. The van der Waals surface area contributed by atoms with E-state index in [9.17, 15) is 91.0 Å². The van der Waals surface area contributed by atoms with Gasteiger partial charge in [-0.25, -0.2) is 0 Å². The van der Waals surface area contributed by atoms with Crippen LogP contribution in [-0.2, 0) is 61.8 Å². The van der Waals surface area contributed by atoms with Gasteiger partial charge in [-0.2, -0.15) is 0 Å². The van der Waals surface area contributed by atoms with Gasteiger partial charge in [-0.1, -0.05) is 206 Å². The number of allylic oxidation sites excluding steroid dienone is 1. The molecule has 27 atom stereocenters. The summed E-state index contributed by atoms with van der Waals surface area (Å²) < 4.78 is 59.8. The molecule has 0 radical (unpaired) electrons. The number of ether oxygens (including phenoxy) is 10. The number of amides is 3. The van der Waals surface area contributed by atoms with Crippen molar-refractivity contribution in [1.29, 1.82) is 0 Å². The maximum atomic E-state index is 13.5. The van der Waals surface area contributed by atoms with Crippen LogP contribution in [-0.4, -0.2) is 300 Å². The largest absolute Gasteiger partial charge is 0.394 e. The number of rotatable bonds is 53. The van der Waals surface area contributed by atoms with Crippen LogP contribution in [0, 0.1) is 0 Å². The highest BCUT2D eigenvalue weighted by molar-refractivity contribution is 5.76. The first-order chi connectivity index (χ1) is 50.6. The Morgan fingerprint density at radius 1 is 0.371 bits per heavy atom. The predicted octanol–water partition coefficient (Wildman–Crippen LogP) is 1.31. The minimum Gasteiger partial charge on any atom is -0.394 e. The highest BCUT2D eigenvalue weighted by Gasteiger charge is 2.58. The summed E-state index contributed by atoms with van der Waals surface area (Å²) in [6, 6.07) is -4.36. The summed E-state index contributed by atoms with van der Waals surface area (Å²) in [5.74, 6) is -1.87. The van der Waals surface area contributed by atoms with Crippen LogP contribution in [0.1, 0.15) is 233 Å². The molecule has 18 N–H and O–H groups in total. The van der Waals surface area contributed by atoms with Gasteiger partial charge >= 0.3 is 0 Å². The summed E-state index contributed by atoms with van der Waals surface area (Å²) in [5, 5.41) is 175. The molecule has 0 aromatic rings. The Morgan fingerprint density at radius 3 is 1.09 bits per heavy atom. The molecule has 5 rings (SSSR count). The second-order valence-corrected chi connectivity index (χ2v) is 29.3. The fraction of sp³-hybridized carbons (Fsp3) is 0.932. The molecular weight excluding hydrogens is 1380 g/mol. The molecule has 10 unspecified atom stereocenters. The average Bonchev–Trinajstić information content (AvgIpc) is 0.766. The van der Waals surface area contributed by atoms with Gasteiger partial charge in [0.1, 0.15) is 122 Å². The van der Waals surface area contributed by atoms with E-state index in [0.717, 1.165) is 65.2 Å². The van der Waals surface area contributed by atoms with Gasteiger partial charge in [-0.3, -0.25) is 14.4 Å². The zero-order chi connectivity index (χ0) is 76.8. The lowest BCUT2D eigenvalue weighted by molar-refractivity contribution is -0.396. The van der Waals surface area contributed by atoms with Crippen molar-refractivity contribution in [2.75, 3.05) is 39.6 Å². The van der Waals surface area contributed by atoms with Crippen molar-refractivity contribution in [2.24, 2.45) is 0 Å². The first-order valence-electron chi connectivity index (χ1n) is 39.5. The molecular formula is C74H135N3O28. The summed E-state index contributed by atoms with van der Waals surface area (Å²) in [5.41, 5.74) is 0. The van der Waals surface area contributed by atoms with E-state index >= 15 is 0 Å². The van der Waals surface area contributed by atoms with Crippen LogP contribution in [0.15, 0.2) is 12.2 Å². The Bertz CT molecular complexity index is 2340. The molecule has 31 heteroatoms. The number of hydrogen-bond acceptors (Lipinski definition) is 28. The molecule has 5 aliphatic heterocycles. The van der Waals surface area contributed by atoms with Gasteiger partial charge < -0.3 is 140 Å². The average molecular weight is 1510 g/mol. The number of unbranched alkanes of at least 4 members (excludes halogenated alkanes) is 29. The Morgan fingerprint density at radius 2 is 0.695 bits per heavy atom. The lowest BCUT2D eigenvalue weighted by Crippen LogP contribution is -2.70. The number of nitrogens with one attached hydrogen (secondary N) is 3. The normalized spacial score (nSPS) is 34.4. The Kier molecular flexibility index (Phi) is 45.6. The molecule has 5 fully saturated rings. The van der Waals surface area contributed by atoms with Crippen molar-refractivity contribution in [2.45, 2.75) is 399 Å². The van der Waals surface area contributed by atoms with E-state index in [-0.39, 0.29) is 12.3 Å². The van der Waals surface area contributed by atoms with Crippen LogP contribution in [0.3, 0.4) is 0 Å². The van der Waals surface area contributed by atoms with Gasteiger partial charge in [0, 0.05) is 20.3 Å². The van der Waals surface area contributed by atoms with Gasteiger partial charge in [0.2, 0.25) is 17.7 Å². The van der Waals surface area contributed by atoms with Crippen LogP contribution in [0.25, 0.3) is 0 Å². The molecule has 105 heavy (non-hydrogen) atoms. The van der Waals surface area contributed by atoms with E-state index in [1.54, 1.807) is 6.08 Å². The summed E-state index contributed by atoms with van der Waals surface area (Å²) in [6.07, 6.45) is -4.39. The fourth-order valence-electron chi connectivity index (χ4n) is 14.3. The zero-order valence-electron chi connectivity index (χ0n) is 62.6. The van der Waals surface area contributed by atoms with E-state index in [0.29, 0.717) is 12.8 Å². The minimum absolute atomic E-state index is 0.191. The number of hydrogen-bond donors (Lipinski definition) is 18. The molecule has 0 bridgehead atoms. The lowest BCUT2D eigenvalue weighted by atomic mass is 9.94. The van der Waals surface area contributed by atoms with E-state index in [2.05, 4.69) is 29.8 Å². The lowest BCUT2D eigenvalue weighted by Gasteiger charge is -2.51.